The van der Waals surface area contributed by atoms with E-state index in [0.29, 0.717) is 23.1 Å². The molecule has 112 valence electrons. The molecule has 0 aliphatic rings. The SMILES string of the molecule is COc1ccc(CNc2cc(OC)c(OC)cc2Cl)cc1. The molecule has 5 heteroatoms. The van der Waals surface area contributed by atoms with Crippen molar-refractivity contribution in [3.63, 3.8) is 0 Å². The van der Waals surface area contributed by atoms with Crippen LogP contribution in [0.15, 0.2) is 36.4 Å². The van der Waals surface area contributed by atoms with Crippen LogP contribution in [0.5, 0.6) is 17.2 Å². The van der Waals surface area contributed by atoms with Crippen molar-refractivity contribution in [2.75, 3.05) is 26.6 Å². The first-order chi connectivity index (χ1) is 10.2. The van der Waals surface area contributed by atoms with E-state index < -0.39 is 0 Å². The lowest BCUT2D eigenvalue weighted by Gasteiger charge is -2.13. The van der Waals surface area contributed by atoms with Crippen molar-refractivity contribution >= 4 is 17.3 Å². The molecule has 2 aromatic carbocycles. The molecule has 0 atom stereocenters. The highest BCUT2D eigenvalue weighted by Crippen LogP contribution is 2.36. The van der Waals surface area contributed by atoms with Crippen molar-refractivity contribution in [3.8, 4) is 17.2 Å². The maximum atomic E-state index is 6.23. The molecule has 0 fully saturated rings. The summed E-state index contributed by atoms with van der Waals surface area (Å²) in [4.78, 5) is 0. The quantitative estimate of drug-likeness (QED) is 0.876. The molecule has 0 unspecified atom stereocenters. The Labute approximate surface area is 129 Å². The van der Waals surface area contributed by atoms with E-state index in [1.54, 1.807) is 27.4 Å². The van der Waals surface area contributed by atoms with E-state index in [-0.39, 0.29) is 0 Å². The van der Waals surface area contributed by atoms with Gasteiger partial charge in [0.25, 0.3) is 0 Å². The van der Waals surface area contributed by atoms with Crippen LogP contribution < -0.4 is 19.5 Å². The first-order valence-corrected chi connectivity index (χ1v) is 6.84. The second-order valence-corrected chi connectivity index (χ2v) is 4.80. The van der Waals surface area contributed by atoms with Crippen LogP contribution in [0.2, 0.25) is 5.02 Å². The molecule has 0 amide bonds. The van der Waals surface area contributed by atoms with E-state index in [1.807, 2.05) is 30.3 Å². The highest BCUT2D eigenvalue weighted by Gasteiger charge is 2.09. The molecule has 0 saturated heterocycles. The first kappa shape index (κ1) is 15.3. The van der Waals surface area contributed by atoms with E-state index in [0.717, 1.165) is 17.0 Å². The first-order valence-electron chi connectivity index (χ1n) is 6.46. The summed E-state index contributed by atoms with van der Waals surface area (Å²) in [6.45, 7) is 0.652. The number of benzene rings is 2. The normalized spacial score (nSPS) is 10.1. The van der Waals surface area contributed by atoms with Crippen LogP contribution in [0.25, 0.3) is 0 Å². The minimum atomic E-state index is 0.584. The Morgan fingerprint density at radius 1 is 0.905 bits per heavy atom. The predicted octanol–water partition coefficient (Wildman–Crippen LogP) is 3.98. The Kier molecular flexibility index (Phi) is 5.17. The summed E-state index contributed by atoms with van der Waals surface area (Å²) in [5.74, 6) is 2.08. The van der Waals surface area contributed by atoms with Gasteiger partial charge in [-0.15, -0.1) is 0 Å². The minimum Gasteiger partial charge on any atom is -0.497 e. The topological polar surface area (TPSA) is 39.7 Å². The minimum absolute atomic E-state index is 0.584. The molecule has 0 spiro atoms. The molecule has 21 heavy (non-hydrogen) atoms. The van der Waals surface area contributed by atoms with Gasteiger partial charge in [-0.1, -0.05) is 23.7 Å². The smallest absolute Gasteiger partial charge is 0.162 e. The molecule has 0 aromatic heterocycles. The van der Waals surface area contributed by atoms with Gasteiger partial charge >= 0.3 is 0 Å². The molecule has 2 rings (SSSR count). The number of hydrogen-bond acceptors (Lipinski definition) is 4. The standard InChI is InChI=1S/C16H18ClNO3/c1-19-12-6-4-11(5-7-12)10-18-14-9-16(21-3)15(20-2)8-13(14)17/h4-9,18H,10H2,1-3H3. The van der Waals surface area contributed by atoms with Gasteiger partial charge < -0.3 is 19.5 Å². The lowest BCUT2D eigenvalue weighted by atomic mass is 10.2. The Balaban J connectivity index is 2.11. The number of hydrogen-bond donors (Lipinski definition) is 1. The van der Waals surface area contributed by atoms with Crippen molar-refractivity contribution in [2.24, 2.45) is 0 Å². The molecule has 0 aliphatic heterocycles. The average Bonchev–Trinajstić information content (AvgIpc) is 2.53. The third-order valence-electron chi connectivity index (χ3n) is 3.12. The lowest BCUT2D eigenvalue weighted by molar-refractivity contribution is 0.355. The summed E-state index contributed by atoms with van der Waals surface area (Å²) in [7, 11) is 4.83. The molecule has 2 aromatic rings. The van der Waals surface area contributed by atoms with Crippen LogP contribution in [0.3, 0.4) is 0 Å². The summed E-state index contributed by atoms with van der Waals surface area (Å²) >= 11 is 6.23. The molecule has 4 nitrogen and oxygen atoms in total. The van der Waals surface area contributed by atoms with Crippen LogP contribution in [0.4, 0.5) is 5.69 Å². The number of rotatable bonds is 6. The van der Waals surface area contributed by atoms with Gasteiger partial charge in [0.2, 0.25) is 0 Å². The lowest BCUT2D eigenvalue weighted by Crippen LogP contribution is -2.01. The van der Waals surface area contributed by atoms with E-state index in [2.05, 4.69) is 5.32 Å². The van der Waals surface area contributed by atoms with Crippen LogP contribution in [-0.2, 0) is 6.54 Å². The second kappa shape index (κ2) is 7.09. The number of halogens is 1. The largest absolute Gasteiger partial charge is 0.497 e. The second-order valence-electron chi connectivity index (χ2n) is 4.39. The molecule has 1 N–H and O–H groups in total. The summed E-state index contributed by atoms with van der Waals surface area (Å²) < 4.78 is 15.6. The fourth-order valence-electron chi connectivity index (χ4n) is 1.93. The van der Waals surface area contributed by atoms with Crippen molar-refractivity contribution in [3.05, 3.63) is 47.0 Å². The molecule has 0 heterocycles. The van der Waals surface area contributed by atoms with Gasteiger partial charge in [-0.25, -0.2) is 0 Å². The third kappa shape index (κ3) is 3.73. The Bertz CT molecular complexity index is 599. The fraction of sp³-hybridized carbons (Fsp3) is 0.250. The van der Waals surface area contributed by atoms with Crippen LogP contribution >= 0.6 is 11.6 Å². The van der Waals surface area contributed by atoms with E-state index in [1.165, 1.54) is 0 Å². The van der Waals surface area contributed by atoms with Crippen molar-refractivity contribution < 1.29 is 14.2 Å². The zero-order valence-electron chi connectivity index (χ0n) is 12.3. The Hall–Kier alpha value is -2.07. The number of anilines is 1. The number of ether oxygens (including phenoxy) is 3. The zero-order valence-corrected chi connectivity index (χ0v) is 13.0. The summed E-state index contributed by atoms with van der Waals surface area (Å²) in [5.41, 5.74) is 1.92. The van der Waals surface area contributed by atoms with Crippen LogP contribution in [-0.4, -0.2) is 21.3 Å². The third-order valence-corrected chi connectivity index (χ3v) is 3.43. The number of methoxy groups -OCH3 is 3. The highest BCUT2D eigenvalue weighted by atomic mass is 35.5. The van der Waals surface area contributed by atoms with Gasteiger partial charge in [0, 0.05) is 18.7 Å². The zero-order chi connectivity index (χ0) is 15.2. The maximum Gasteiger partial charge on any atom is 0.162 e. The van der Waals surface area contributed by atoms with Crippen molar-refractivity contribution in [1.82, 2.24) is 0 Å². The van der Waals surface area contributed by atoms with Gasteiger partial charge in [0.1, 0.15) is 5.75 Å². The van der Waals surface area contributed by atoms with Gasteiger partial charge in [-0.3, -0.25) is 0 Å². The predicted molar refractivity (Wildman–Crippen MR) is 84.9 cm³/mol. The van der Waals surface area contributed by atoms with Crippen LogP contribution in [0.1, 0.15) is 5.56 Å². The molecule has 0 aliphatic carbocycles. The van der Waals surface area contributed by atoms with Gasteiger partial charge in [0.15, 0.2) is 11.5 Å². The monoisotopic (exact) mass is 307 g/mol. The molecular formula is C16H18ClNO3. The molecule has 0 saturated carbocycles. The van der Waals surface area contributed by atoms with Crippen LogP contribution in [0, 0.1) is 0 Å². The Morgan fingerprint density at radius 2 is 1.52 bits per heavy atom. The molecule has 0 radical (unpaired) electrons. The Morgan fingerprint density at radius 3 is 2.10 bits per heavy atom. The number of nitrogens with one attached hydrogen (secondary N) is 1. The average molecular weight is 308 g/mol. The summed E-state index contributed by atoms with van der Waals surface area (Å²) in [6.07, 6.45) is 0. The molecule has 0 bridgehead atoms. The fourth-order valence-corrected chi connectivity index (χ4v) is 2.15. The summed E-state index contributed by atoms with van der Waals surface area (Å²) in [5, 5.41) is 3.87. The van der Waals surface area contributed by atoms with E-state index in [9.17, 15) is 0 Å². The van der Waals surface area contributed by atoms with Gasteiger partial charge in [-0.05, 0) is 17.7 Å². The summed E-state index contributed by atoms with van der Waals surface area (Å²) in [6, 6.07) is 11.4. The van der Waals surface area contributed by atoms with E-state index >= 15 is 0 Å². The molecular weight excluding hydrogens is 290 g/mol. The maximum absolute atomic E-state index is 6.23. The van der Waals surface area contributed by atoms with Crippen molar-refractivity contribution in [1.29, 1.82) is 0 Å². The van der Waals surface area contributed by atoms with Gasteiger partial charge in [0.05, 0.1) is 32.0 Å². The highest BCUT2D eigenvalue weighted by molar-refractivity contribution is 6.33. The van der Waals surface area contributed by atoms with Gasteiger partial charge in [-0.2, -0.15) is 0 Å². The van der Waals surface area contributed by atoms with E-state index in [4.69, 9.17) is 25.8 Å². The van der Waals surface area contributed by atoms with Crippen molar-refractivity contribution in [2.45, 2.75) is 6.54 Å².